The SMILES string of the molecule is CCNCCNS(=O)(=O)c1ccc(-n2cc(C)cn2)c(F)c1.Cl. The van der Waals surface area contributed by atoms with Crippen LogP contribution in [0.2, 0.25) is 0 Å². The molecule has 2 rings (SSSR count). The smallest absolute Gasteiger partial charge is 0.240 e. The molecule has 2 aromatic rings. The molecule has 0 atom stereocenters. The minimum Gasteiger partial charge on any atom is -0.316 e. The summed E-state index contributed by atoms with van der Waals surface area (Å²) in [6, 6.07) is 3.77. The molecule has 1 aromatic heterocycles. The lowest BCUT2D eigenvalue weighted by molar-refractivity contribution is 0.572. The molecule has 0 bridgehead atoms. The number of aromatic nitrogens is 2. The number of hydrogen-bond acceptors (Lipinski definition) is 4. The third-order valence-corrected chi connectivity index (χ3v) is 4.49. The molecule has 0 radical (unpaired) electrons. The Bertz CT molecular complexity index is 749. The summed E-state index contributed by atoms with van der Waals surface area (Å²) in [5.41, 5.74) is 1.10. The second kappa shape index (κ2) is 8.39. The minimum atomic E-state index is -3.72. The van der Waals surface area contributed by atoms with Crippen LogP contribution >= 0.6 is 12.4 Å². The number of halogens is 2. The number of benzene rings is 1. The van der Waals surface area contributed by atoms with E-state index >= 15 is 0 Å². The maximum atomic E-state index is 14.2. The quantitative estimate of drug-likeness (QED) is 0.734. The molecule has 0 spiro atoms. The monoisotopic (exact) mass is 362 g/mol. The number of nitrogens with one attached hydrogen (secondary N) is 2. The molecule has 0 aliphatic heterocycles. The molecule has 6 nitrogen and oxygen atoms in total. The van der Waals surface area contributed by atoms with Crippen LogP contribution in [-0.2, 0) is 10.0 Å². The Labute approximate surface area is 141 Å². The van der Waals surface area contributed by atoms with E-state index in [1.165, 1.54) is 16.8 Å². The summed E-state index contributed by atoms with van der Waals surface area (Å²) in [6.45, 7) is 5.29. The standard InChI is InChI=1S/C14H19FN4O2S.ClH/c1-3-16-6-7-18-22(20,21)12-4-5-14(13(15)8-12)19-10-11(2)9-17-19;/h4-5,8-10,16,18H,3,6-7H2,1-2H3;1H. The number of hydrogen-bond donors (Lipinski definition) is 2. The van der Waals surface area contributed by atoms with Gasteiger partial charge < -0.3 is 5.32 Å². The first-order valence-electron chi connectivity index (χ1n) is 6.95. The Morgan fingerprint density at radius 1 is 1.30 bits per heavy atom. The van der Waals surface area contributed by atoms with Gasteiger partial charge in [0.05, 0.1) is 11.1 Å². The Hall–Kier alpha value is -1.48. The van der Waals surface area contributed by atoms with E-state index in [0.717, 1.165) is 18.2 Å². The zero-order valence-electron chi connectivity index (χ0n) is 12.9. The van der Waals surface area contributed by atoms with Crippen LogP contribution in [0.5, 0.6) is 0 Å². The number of aryl methyl sites for hydroxylation is 1. The van der Waals surface area contributed by atoms with E-state index in [0.29, 0.717) is 6.54 Å². The van der Waals surface area contributed by atoms with Gasteiger partial charge in [0.15, 0.2) is 0 Å². The third-order valence-electron chi connectivity index (χ3n) is 3.03. The fourth-order valence-electron chi connectivity index (χ4n) is 1.92. The average molecular weight is 363 g/mol. The topological polar surface area (TPSA) is 76.0 Å². The molecule has 0 amide bonds. The largest absolute Gasteiger partial charge is 0.316 e. The summed E-state index contributed by atoms with van der Waals surface area (Å²) < 4.78 is 42.1. The van der Waals surface area contributed by atoms with Crippen molar-refractivity contribution in [1.29, 1.82) is 0 Å². The van der Waals surface area contributed by atoms with E-state index in [-0.39, 0.29) is 29.5 Å². The molecule has 1 heterocycles. The Morgan fingerprint density at radius 2 is 2.04 bits per heavy atom. The maximum Gasteiger partial charge on any atom is 0.240 e. The van der Waals surface area contributed by atoms with Crippen molar-refractivity contribution in [3.05, 3.63) is 42.0 Å². The molecule has 0 aliphatic rings. The highest BCUT2D eigenvalue weighted by Crippen LogP contribution is 2.18. The summed E-state index contributed by atoms with van der Waals surface area (Å²) in [7, 11) is -3.72. The summed E-state index contributed by atoms with van der Waals surface area (Å²) in [6.07, 6.45) is 3.27. The van der Waals surface area contributed by atoms with Gasteiger partial charge in [-0.15, -0.1) is 12.4 Å². The van der Waals surface area contributed by atoms with Gasteiger partial charge in [-0.25, -0.2) is 22.2 Å². The van der Waals surface area contributed by atoms with Gasteiger partial charge in [-0.3, -0.25) is 0 Å². The van der Waals surface area contributed by atoms with Crippen LogP contribution in [0.25, 0.3) is 5.69 Å². The van der Waals surface area contributed by atoms with Gasteiger partial charge in [-0.1, -0.05) is 6.92 Å². The van der Waals surface area contributed by atoms with E-state index in [1.54, 1.807) is 12.4 Å². The van der Waals surface area contributed by atoms with Crippen molar-refractivity contribution in [3.8, 4) is 5.69 Å². The molecule has 0 saturated heterocycles. The van der Waals surface area contributed by atoms with E-state index in [9.17, 15) is 12.8 Å². The Kier molecular flexibility index (Phi) is 7.14. The van der Waals surface area contributed by atoms with Gasteiger partial charge in [-0.05, 0) is 37.2 Å². The zero-order valence-corrected chi connectivity index (χ0v) is 14.5. The van der Waals surface area contributed by atoms with E-state index < -0.39 is 15.8 Å². The normalized spacial score (nSPS) is 11.3. The molecule has 23 heavy (non-hydrogen) atoms. The number of nitrogens with zero attached hydrogens (tertiary/aromatic N) is 2. The van der Waals surface area contributed by atoms with Gasteiger partial charge in [0.25, 0.3) is 0 Å². The summed E-state index contributed by atoms with van der Waals surface area (Å²) in [5.74, 6) is -0.641. The Morgan fingerprint density at radius 3 is 2.61 bits per heavy atom. The van der Waals surface area contributed by atoms with E-state index in [1.807, 2.05) is 13.8 Å². The van der Waals surface area contributed by atoms with Gasteiger partial charge in [0.1, 0.15) is 11.5 Å². The van der Waals surface area contributed by atoms with Crippen LogP contribution in [0.4, 0.5) is 4.39 Å². The molecule has 0 fully saturated rings. The molecular weight excluding hydrogens is 343 g/mol. The first kappa shape index (κ1) is 19.6. The molecule has 0 unspecified atom stereocenters. The fraction of sp³-hybridized carbons (Fsp3) is 0.357. The molecule has 0 saturated carbocycles. The van der Waals surface area contributed by atoms with Crippen LogP contribution in [0, 0.1) is 12.7 Å². The lowest BCUT2D eigenvalue weighted by atomic mass is 10.3. The van der Waals surface area contributed by atoms with Crippen molar-refractivity contribution < 1.29 is 12.8 Å². The predicted molar refractivity (Wildman–Crippen MR) is 89.2 cm³/mol. The van der Waals surface area contributed by atoms with Crippen molar-refractivity contribution >= 4 is 22.4 Å². The molecular formula is C14H20ClFN4O2S. The van der Waals surface area contributed by atoms with Crippen LogP contribution in [0.15, 0.2) is 35.5 Å². The van der Waals surface area contributed by atoms with Crippen molar-refractivity contribution in [2.75, 3.05) is 19.6 Å². The summed E-state index contributed by atoms with van der Waals surface area (Å²) in [5, 5.41) is 7.02. The lowest BCUT2D eigenvalue weighted by Gasteiger charge is -2.09. The fourth-order valence-corrected chi connectivity index (χ4v) is 2.96. The van der Waals surface area contributed by atoms with Gasteiger partial charge in [-0.2, -0.15) is 5.10 Å². The first-order valence-corrected chi connectivity index (χ1v) is 8.44. The van der Waals surface area contributed by atoms with Gasteiger partial charge >= 0.3 is 0 Å². The predicted octanol–water partition coefficient (Wildman–Crippen LogP) is 1.63. The van der Waals surface area contributed by atoms with E-state index in [4.69, 9.17) is 0 Å². The molecule has 2 N–H and O–H groups in total. The zero-order chi connectivity index (χ0) is 16.2. The minimum absolute atomic E-state index is 0. The van der Waals surface area contributed by atoms with Crippen LogP contribution in [0.3, 0.4) is 0 Å². The van der Waals surface area contributed by atoms with Crippen molar-refractivity contribution in [3.63, 3.8) is 0 Å². The van der Waals surface area contributed by atoms with Crippen LogP contribution in [0.1, 0.15) is 12.5 Å². The molecule has 9 heteroatoms. The van der Waals surface area contributed by atoms with Crippen molar-refractivity contribution in [2.24, 2.45) is 0 Å². The average Bonchev–Trinajstić information content (AvgIpc) is 2.90. The number of rotatable bonds is 7. The van der Waals surface area contributed by atoms with E-state index in [2.05, 4.69) is 15.1 Å². The van der Waals surface area contributed by atoms with Gasteiger partial charge in [0, 0.05) is 19.3 Å². The second-order valence-electron chi connectivity index (χ2n) is 4.83. The first-order chi connectivity index (χ1) is 10.4. The molecule has 1 aromatic carbocycles. The maximum absolute atomic E-state index is 14.2. The van der Waals surface area contributed by atoms with Crippen LogP contribution in [-0.4, -0.2) is 37.8 Å². The highest BCUT2D eigenvalue weighted by molar-refractivity contribution is 7.89. The summed E-state index contributed by atoms with van der Waals surface area (Å²) >= 11 is 0. The highest BCUT2D eigenvalue weighted by atomic mass is 35.5. The highest BCUT2D eigenvalue weighted by Gasteiger charge is 2.16. The van der Waals surface area contributed by atoms with Crippen LogP contribution < -0.4 is 10.0 Å². The molecule has 128 valence electrons. The lowest BCUT2D eigenvalue weighted by Crippen LogP contribution is -2.31. The number of likely N-dealkylation sites (N-methyl/N-ethyl adjacent to an activating group) is 1. The van der Waals surface area contributed by atoms with Gasteiger partial charge in [0.2, 0.25) is 10.0 Å². The van der Waals surface area contributed by atoms with Crippen molar-refractivity contribution in [2.45, 2.75) is 18.7 Å². The second-order valence-corrected chi connectivity index (χ2v) is 6.59. The molecule has 0 aliphatic carbocycles. The third kappa shape index (κ3) is 5.00. The van der Waals surface area contributed by atoms with Crippen molar-refractivity contribution in [1.82, 2.24) is 19.8 Å². The summed E-state index contributed by atoms with van der Waals surface area (Å²) in [4.78, 5) is -0.103. The Balaban J connectivity index is 0.00000264. The number of sulfonamides is 1.